The molecule has 0 bridgehead atoms. The third-order valence-electron chi connectivity index (χ3n) is 5.39. The summed E-state index contributed by atoms with van der Waals surface area (Å²) in [5.74, 6) is 7.03. The lowest BCUT2D eigenvalue weighted by atomic mass is 10.1. The van der Waals surface area contributed by atoms with Gasteiger partial charge < -0.3 is 9.47 Å². The van der Waals surface area contributed by atoms with Crippen molar-refractivity contribution in [3.05, 3.63) is 96.3 Å². The molecule has 2 heterocycles. The lowest BCUT2D eigenvalue weighted by Gasteiger charge is -2.12. The van der Waals surface area contributed by atoms with Crippen molar-refractivity contribution in [3.63, 3.8) is 0 Å². The average Bonchev–Trinajstić information content (AvgIpc) is 3.20. The minimum absolute atomic E-state index is 0.267. The zero-order valence-electron chi connectivity index (χ0n) is 19.0. The summed E-state index contributed by atoms with van der Waals surface area (Å²) in [6.45, 7) is 1.62. The second-order valence-corrected chi connectivity index (χ2v) is 8.12. The second kappa shape index (κ2) is 10.7. The summed E-state index contributed by atoms with van der Waals surface area (Å²) in [7, 11) is 4.08. The molecule has 0 radical (unpaired) electrons. The van der Waals surface area contributed by atoms with E-state index in [9.17, 15) is 4.39 Å². The largest absolute Gasteiger partial charge is 0.316 e. The van der Waals surface area contributed by atoms with E-state index in [0.29, 0.717) is 0 Å². The van der Waals surface area contributed by atoms with Gasteiger partial charge in [0.1, 0.15) is 5.82 Å². The highest BCUT2D eigenvalue weighted by molar-refractivity contribution is 5.79. The molecule has 0 N–H and O–H groups in total. The third-order valence-corrected chi connectivity index (χ3v) is 5.39. The number of nitrogens with zero attached hydrogens (tertiary/aromatic N) is 4. The van der Waals surface area contributed by atoms with Crippen LogP contribution in [0.5, 0.6) is 0 Å². The van der Waals surface area contributed by atoms with Crippen molar-refractivity contribution in [3.8, 4) is 34.4 Å². The summed E-state index contributed by atoms with van der Waals surface area (Å²) in [5, 5.41) is 0. The quantitative estimate of drug-likeness (QED) is 0.367. The van der Waals surface area contributed by atoms with E-state index in [1.807, 2.05) is 32.3 Å². The molecule has 0 saturated carbocycles. The average molecular weight is 439 g/mol. The monoisotopic (exact) mass is 438 g/mol. The van der Waals surface area contributed by atoms with Gasteiger partial charge in [0.15, 0.2) is 5.82 Å². The Morgan fingerprint density at radius 1 is 0.909 bits per heavy atom. The molecule has 0 saturated heterocycles. The first kappa shape index (κ1) is 22.4. The maximum atomic E-state index is 13.6. The Morgan fingerprint density at radius 2 is 1.64 bits per heavy atom. The first-order valence-corrected chi connectivity index (χ1v) is 11.1. The molecule has 5 heteroatoms. The number of pyridine rings is 1. The van der Waals surface area contributed by atoms with Gasteiger partial charge in [0.2, 0.25) is 0 Å². The Kier molecular flexibility index (Phi) is 7.29. The Balaban J connectivity index is 1.82. The number of hydrogen-bond donors (Lipinski definition) is 0. The Hall–Kier alpha value is -3.75. The lowest BCUT2D eigenvalue weighted by molar-refractivity contribution is 0.420. The molecule has 33 heavy (non-hydrogen) atoms. The highest BCUT2D eigenvalue weighted by atomic mass is 19.1. The standard InChI is InChI=1S/C28H27FN4/c1-32(2)20-7-6-10-26-31-27(23-11-13-25(29)14-12-23)28(24-15-18-30-19-16-24)33(26)21-17-22-8-4-3-5-9-22/h3-5,8-9,11-16,18-19H,7,17,20-21H2,1-2H3. The zero-order valence-corrected chi connectivity index (χ0v) is 19.0. The van der Waals surface area contributed by atoms with E-state index in [1.54, 1.807) is 24.5 Å². The maximum absolute atomic E-state index is 13.6. The van der Waals surface area contributed by atoms with Gasteiger partial charge in [-0.3, -0.25) is 4.98 Å². The first-order valence-electron chi connectivity index (χ1n) is 11.1. The van der Waals surface area contributed by atoms with Crippen LogP contribution in [0, 0.1) is 17.7 Å². The van der Waals surface area contributed by atoms with Crippen LogP contribution in [0.3, 0.4) is 0 Å². The molecule has 4 aromatic rings. The van der Waals surface area contributed by atoms with Crippen LogP contribution >= 0.6 is 0 Å². The maximum Gasteiger partial charge on any atom is 0.186 e. The second-order valence-electron chi connectivity index (χ2n) is 8.12. The van der Waals surface area contributed by atoms with Crippen molar-refractivity contribution < 1.29 is 4.39 Å². The Bertz CT molecular complexity index is 1230. The molecule has 0 aliphatic heterocycles. The molecule has 0 aliphatic rings. The predicted octanol–water partition coefficient (Wildman–Crippen LogP) is 5.30. The molecule has 2 aromatic carbocycles. The Labute approximate surface area is 194 Å². The number of halogens is 1. The van der Waals surface area contributed by atoms with Crippen molar-refractivity contribution in [2.75, 3.05) is 20.6 Å². The van der Waals surface area contributed by atoms with Crippen molar-refractivity contribution in [1.82, 2.24) is 19.4 Å². The van der Waals surface area contributed by atoms with Crippen molar-refractivity contribution in [2.24, 2.45) is 0 Å². The van der Waals surface area contributed by atoms with Crippen LogP contribution in [0.4, 0.5) is 4.39 Å². The van der Waals surface area contributed by atoms with E-state index in [1.165, 1.54) is 17.7 Å². The van der Waals surface area contributed by atoms with E-state index in [0.717, 1.165) is 54.3 Å². The molecule has 4 rings (SSSR count). The number of aromatic nitrogens is 3. The molecule has 166 valence electrons. The van der Waals surface area contributed by atoms with Gasteiger partial charge in [-0.05, 0) is 68.4 Å². The molecule has 4 nitrogen and oxygen atoms in total. The van der Waals surface area contributed by atoms with Crippen molar-refractivity contribution in [2.45, 2.75) is 19.4 Å². The molecule has 0 fully saturated rings. The molecule has 0 unspecified atom stereocenters. The van der Waals surface area contributed by atoms with Gasteiger partial charge in [-0.25, -0.2) is 9.37 Å². The van der Waals surface area contributed by atoms with Crippen LogP contribution in [0.1, 0.15) is 17.8 Å². The van der Waals surface area contributed by atoms with Gasteiger partial charge in [0.05, 0.1) is 11.4 Å². The molecule has 0 atom stereocenters. The SMILES string of the molecule is CN(C)CCC#Cc1nc(-c2ccc(F)cc2)c(-c2ccncc2)n1CCc1ccccc1. The van der Waals surface area contributed by atoms with E-state index in [4.69, 9.17) is 4.98 Å². The van der Waals surface area contributed by atoms with Gasteiger partial charge in [-0.15, -0.1) is 0 Å². The van der Waals surface area contributed by atoms with Crippen LogP contribution in [-0.2, 0) is 13.0 Å². The topological polar surface area (TPSA) is 34.0 Å². The van der Waals surface area contributed by atoms with E-state index < -0.39 is 0 Å². The zero-order chi connectivity index (χ0) is 23.0. The summed E-state index contributed by atoms with van der Waals surface area (Å²) >= 11 is 0. The highest BCUT2D eigenvalue weighted by Gasteiger charge is 2.19. The van der Waals surface area contributed by atoms with Gasteiger partial charge in [-0.1, -0.05) is 36.3 Å². The van der Waals surface area contributed by atoms with Gasteiger partial charge >= 0.3 is 0 Å². The molecular formula is C28H27FN4. The minimum atomic E-state index is -0.267. The van der Waals surface area contributed by atoms with Crippen LogP contribution in [0.25, 0.3) is 22.5 Å². The minimum Gasteiger partial charge on any atom is -0.316 e. The number of benzene rings is 2. The van der Waals surface area contributed by atoms with Gasteiger partial charge in [-0.2, -0.15) is 0 Å². The van der Waals surface area contributed by atoms with Crippen LogP contribution in [0.2, 0.25) is 0 Å². The lowest BCUT2D eigenvalue weighted by Crippen LogP contribution is -2.12. The molecular weight excluding hydrogens is 411 g/mol. The van der Waals surface area contributed by atoms with Crippen molar-refractivity contribution >= 4 is 0 Å². The predicted molar refractivity (Wildman–Crippen MR) is 131 cm³/mol. The summed E-state index contributed by atoms with van der Waals surface area (Å²) in [6, 6.07) is 20.8. The molecule has 0 spiro atoms. The summed E-state index contributed by atoms with van der Waals surface area (Å²) < 4.78 is 15.8. The Morgan fingerprint density at radius 3 is 2.33 bits per heavy atom. The van der Waals surface area contributed by atoms with Gasteiger partial charge in [0, 0.05) is 43.0 Å². The summed E-state index contributed by atoms with van der Waals surface area (Å²) in [6.07, 6.45) is 5.17. The number of imidazole rings is 1. The van der Waals surface area contributed by atoms with E-state index >= 15 is 0 Å². The van der Waals surface area contributed by atoms with Gasteiger partial charge in [0.25, 0.3) is 0 Å². The normalized spacial score (nSPS) is 10.8. The third kappa shape index (κ3) is 5.74. The fraction of sp³-hybridized carbons (Fsp3) is 0.214. The molecule has 0 aliphatic carbocycles. The van der Waals surface area contributed by atoms with E-state index in [2.05, 4.69) is 50.6 Å². The molecule has 2 aromatic heterocycles. The molecule has 0 amide bonds. The number of aryl methyl sites for hydroxylation is 1. The van der Waals surface area contributed by atoms with Crippen LogP contribution in [0.15, 0.2) is 79.1 Å². The summed E-state index contributed by atoms with van der Waals surface area (Å²) in [5.41, 5.74) is 4.88. The van der Waals surface area contributed by atoms with Crippen LogP contribution in [-0.4, -0.2) is 40.1 Å². The highest BCUT2D eigenvalue weighted by Crippen LogP contribution is 2.33. The van der Waals surface area contributed by atoms with E-state index in [-0.39, 0.29) is 5.82 Å². The fourth-order valence-corrected chi connectivity index (χ4v) is 3.68. The first-order chi connectivity index (χ1) is 16.1. The smallest absolute Gasteiger partial charge is 0.186 e. The van der Waals surface area contributed by atoms with Crippen LogP contribution < -0.4 is 0 Å². The van der Waals surface area contributed by atoms with Crippen molar-refractivity contribution in [1.29, 1.82) is 0 Å². The summed E-state index contributed by atoms with van der Waals surface area (Å²) in [4.78, 5) is 11.2. The number of rotatable bonds is 7. The fourth-order valence-electron chi connectivity index (χ4n) is 3.68. The number of hydrogen-bond acceptors (Lipinski definition) is 3.